The number of carbonyl (C=O) groups is 1. The number of benzene rings is 2. The van der Waals surface area contributed by atoms with E-state index in [1.54, 1.807) is 32.2 Å². The maximum Gasteiger partial charge on any atom is 0.395 e. The van der Waals surface area contributed by atoms with Crippen molar-refractivity contribution in [1.82, 2.24) is 19.6 Å². The zero-order valence-electron chi connectivity index (χ0n) is 22.4. The molecule has 41 heavy (non-hydrogen) atoms. The van der Waals surface area contributed by atoms with Crippen molar-refractivity contribution < 1.29 is 27.4 Å². The molecule has 2 aromatic carbocycles. The number of halogens is 4. The summed E-state index contributed by atoms with van der Waals surface area (Å²) in [7, 11) is 3.16. The molecule has 0 radical (unpaired) electrons. The minimum absolute atomic E-state index is 0.0333. The topological polar surface area (TPSA) is 100 Å². The number of methoxy groups -OCH3 is 1. The lowest BCUT2D eigenvalue weighted by molar-refractivity contribution is -0.181. The first-order valence-corrected chi connectivity index (χ1v) is 13.2. The number of aromatic nitrogens is 4. The predicted octanol–water partition coefficient (Wildman–Crippen LogP) is 5.17. The fourth-order valence-electron chi connectivity index (χ4n) is 4.88. The molecule has 13 heteroatoms. The Morgan fingerprint density at radius 1 is 1.17 bits per heavy atom. The number of alkyl halides is 3. The number of pyridine rings is 1. The summed E-state index contributed by atoms with van der Waals surface area (Å²) in [6, 6.07) is 9.77. The highest BCUT2D eigenvalue weighted by Crippen LogP contribution is 2.40. The smallest absolute Gasteiger partial charge is 0.395 e. The van der Waals surface area contributed by atoms with Crippen molar-refractivity contribution in [2.45, 2.75) is 38.1 Å². The third-order valence-corrected chi connectivity index (χ3v) is 7.35. The van der Waals surface area contributed by atoms with Crippen LogP contribution in [0.5, 0.6) is 5.75 Å². The van der Waals surface area contributed by atoms with E-state index < -0.39 is 42.3 Å². The van der Waals surface area contributed by atoms with Crippen molar-refractivity contribution >= 4 is 34.2 Å². The summed E-state index contributed by atoms with van der Waals surface area (Å²) in [6.07, 6.45) is -3.88. The van der Waals surface area contributed by atoms with Crippen molar-refractivity contribution in [3.8, 4) is 16.9 Å². The van der Waals surface area contributed by atoms with Gasteiger partial charge in [-0.05, 0) is 54.8 Å². The van der Waals surface area contributed by atoms with Crippen LogP contribution in [-0.2, 0) is 23.0 Å². The molecule has 216 valence electrons. The van der Waals surface area contributed by atoms with E-state index >= 15 is 0 Å². The van der Waals surface area contributed by atoms with Crippen LogP contribution in [0.1, 0.15) is 24.9 Å². The summed E-state index contributed by atoms with van der Waals surface area (Å²) in [4.78, 5) is 28.5. The standard InChI is InChI=1S/C28H27ClF3N5O4/c1-15(40-3)8-24(27(39)33-19-6-7-22-23(11-19)35-36(2)34-22)37-13-25-21(12-26(37)38)20-10-18(29)5-4-16(20)9-17(14-41-25)28(30,31)32/h4-7,10-13,15,17,24H,8-9,14H2,1-3H3,(H,33,39)/t15-,17+,24-/m0/s1. The first-order valence-electron chi connectivity index (χ1n) is 12.8. The van der Waals surface area contributed by atoms with Gasteiger partial charge in [0.2, 0.25) is 5.91 Å². The van der Waals surface area contributed by atoms with E-state index in [0.717, 1.165) is 0 Å². The number of anilines is 1. The number of nitrogens with zero attached hydrogens (tertiary/aromatic N) is 4. The number of ether oxygens (including phenoxy) is 2. The second kappa shape index (κ2) is 11.2. The lowest BCUT2D eigenvalue weighted by atomic mass is 9.91. The SMILES string of the molecule is CO[C@@H](C)C[C@@H](C(=O)Nc1ccc2nn(C)nc2c1)n1cc2c(cc1=O)-c1cc(Cl)ccc1C[C@@H](C(F)(F)F)CO2. The number of nitrogens with one attached hydrogen (secondary N) is 1. The second-order valence-electron chi connectivity index (χ2n) is 10.0. The first-order chi connectivity index (χ1) is 19.4. The summed E-state index contributed by atoms with van der Waals surface area (Å²) >= 11 is 6.19. The molecule has 3 heterocycles. The van der Waals surface area contributed by atoms with Crippen LogP contribution in [0, 0.1) is 5.92 Å². The van der Waals surface area contributed by atoms with Crippen molar-refractivity contribution in [1.29, 1.82) is 0 Å². The van der Waals surface area contributed by atoms with Crippen LogP contribution in [0.15, 0.2) is 53.5 Å². The van der Waals surface area contributed by atoms with Gasteiger partial charge in [-0.2, -0.15) is 28.2 Å². The van der Waals surface area contributed by atoms with Crippen LogP contribution in [-0.4, -0.2) is 51.5 Å². The van der Waals surface area contributed by atoms with Gasteiger partial charge in [-0.1, -0.05) is 17.7 Å². The van der Waals surface area contributed by atoms with Crippen LogP contribution < -0.4 is 15.6 Å². The lowest BCUT2D eigenvalue weighted by Gasteiger charge is -2.28. The van der Waals surface area contributed by atoms with E-state index in [4.69, 9.17) is 21.1 Å². The Bertz CT molecular complexity index is 1670. The zero-order chi connectivity index (χ0) is 29.5. The van der Waals surface area contributed by atoms with Gasteiger partial charge in [0, 0.05) is 42.9 Å². The van der Waals surface area contributed by atoms with E-state index in [1.807, 2.05) is 0 Å². The van der Waals surface area contributed by atoms with Gasteiger partial charge in [-0.3, -0.25) is 14.2 Å². The Morgan fingerprint density at radius 3 is 2.66 bits per heavy atom. The molecule has 9 nitrogen and oxygen atoms in total. The fraction of sp³-hybridized carbons (Fsp3) is 0.357. The normalized spacial score (nSPS) is 16.6. The molecule has 0 aliphatic carbocycles. The quantitative estimate of drug-likeness (QED) is 0.333. The molecule has 1 aliphatic rings. The molecule has 4 aromatic rings. The Hall–Kier alpha value is -3.90. The monoisotopic (exact) mass is 589 g/mol. The first kappa shape index (κ1) is 28.6. The summed E-state index contributed by atoms with van der Waals surface area (Å²) in [5, 5.41) is 11.6. The Labute approximate surface area is 237 Å². The molecular formula is C28H27ClF3N5O4. The number of aryl methyl sites for hydroxylation is 1. The fourth-order valence-corrected chi connectivity index (χ4v) is 5.06. The molecule has 0 fully saturated rings. The zero-order valence-corrected chi connectivity index (χ0v) is 23.2. The number of hydrogen-bond acceptors (Lipinski definition) is 6. The number of rotatable bonds is 6. The van der Waals surface area contributed by atoms with Gasteiger partial charge in [0.1, 0.15) is 29.4 Å². The maximum absolute atomic E-state index is 13.8. The number of amides is 1. The Kier molecular flexibility index (Phi) is 7.80. The van der Waals surface area contributed by atoms with Crippen molar-refractivity contribution in [2.75, 3.05) is 19.0 Å². The third kappa shape index (κ3) is 6.08. The number of fused-ring (bicyclic) bond motifs is 4. The molecule has 3 atom stereocenters. The Balaban J connectivity index is 1.56. The molecule has 0 unspecified atom stereocenters. The summed E-state index contributed by atoms with van der Waals surface area (Å²) < 4.78 is 53.7. The molecule has 2 aromatic heterocycles. The van der Waals surface area contributed by atoms with E-state index in [1.165, 1.54) is 46.9 Å². The average Bonchev–Trinajstić information content (AvgIpc) is 3.28. The summed E-state index contributed by atoms with van der Waals surface area (Å²) in [5.74, 6) is -2.27. The van der Waals surface area contributed by atoms with Gasteiger partial charge in [0.05, 0.1) is 18.2 Å². The molecule has 1 N–H and O–H groups in total. The molecule has 0 bridgehead atoms. The predicted molar refractivity (Wildman–Crippen MR) is 147 cm³/mol. The highest BCUT2D eigenvalue weighted by molar-refractivity contribution is 6.30. The van der Waals surface area contributed by atoms with Crippen LogP contribution in [0.4, 0.5) is 18.9 Å². The summed E-state index contributed by atoms with van der Waals surface area (Å²) in [6.45, 7) is 1.09. The molecule has 0 saturated carbocycles. The number of carbonyl (C=O) groups excluding carboxylic acids is 1. The van der Waals surface area contributed by atoms with Gasteiger partial charge >= 0.3 is 6.18 Å². The third-order valence-electron chi connectivity index (χ3n) is 7.12. The molecule has 1 amide bonds. The average molecular weight is 590 g/mol. The van der Waals surface area contributed by atoms with Crippen LogP contribution in [0.3, 0.4) is 0 Å². The highest BCUT2D eigenvalue weighted by atomic mass is 35.5. The van der Waals surface area contributed by atoms with Crippen LogP contribution in [0.25, 0.3) is 22.2 Å². The molecule has 0 spiro atoms. The lowest BCUT2D eigenvalue weighted by Crippen LogP contribution is -2.36. The van der Waals surface area contributed by atoms with E-state index in [-0.39, 0.29) is 18.6 Å². The molecule has 5 rings (SSSR count). The Morgan fingerprint density at radius 2 is 1.93 bits per heavy atom. The number of hydrogen-bond donors (Lipinski definition) is 1. The van der Waals surface area contributed by atoms with Crippen molar-refractivity contribution in [2.24, 2.45) is 13.0 Å². The van der Waals surface area contributed by atoms with Crippen LogP contribution >= 0.6 is 11.6 Å². The van der Waals surface area contributed by atoms with Crippen LogP contribution in [0.2, 0.25) is 5.02 Å². The minimum atomic E-state index is -4.51. The van der Waals surface area contributed by atoms with Crippen molar-refractivity contribution in [3.63, 3.8) is 0 Å². The molecular weight excluding hydrogens is 563 g/mol. The van der Waals surface area contributed by atoms with Gasteiger partial charge in [-0.15, -0.1) is 0 Å². The van der Waals surface area contributed by atoms with Gasteiger partial charge in [-0.25, -0.2) is 0 Å². The van der Waals surface area contributed by atoms with E-state index in [9.17, 15) is 22.8 Å². The van der Waals surface area contributed by atoms with Gasteiger partial charge in [0.25, 0.3) is 5.56 Å². The highest BCUT2D eigenvalue weighted by Gasteiger charge is 2.41. The van der Waals surface area contributed by atoms with Gasteiger partial charge < -0.3 is 14.8 Å². The summed E-state index contributed by atoms with van der Waals surface area (Å²) in [5.41, 5.74) is 2.16. The second-order valence-corrected chi connectivity index (χ2v) is 10.5. The van der Waals surface area contributed by atoms with E-state index in [2.05, 4.69) is 15.5 Å². The maximum atomic E-state index is 13.8. The minimum Gasteiger partial charge on any atom is -0.491 e. The van der Waals surface area contributed by atoms with E-state index in [0.29, 0.717) is 38.4 Å². The van der Waals surface area contributed by atoms with Crippen molar-refractivity contribution in [3.05, 3.63) is 69.6 Å². The van der Waals surface area contributed by atoms with Gasteiger partial charge in [0.15, 0.2) is 0 Å². The molecule has 0 saturated heterocycles. The molecule has 1 aliphatic heterocycles. The largest absolute Gasteiger partial charge is 0.491 e.